The van der Waals surface area contributed by atoms with E-state index in [9.17, 15) is 14.4 Å². The van der Waals surface area contributed by atoms with Crippen molar-refractivity contribution in [3.05, 3.63) is 239 Å². The molecule has 0 spiro atoms. The fraction of sp³-hybridized carbons (Fsp3) is 0.286. The molecule has 6 aromatic heterocycles. The lowest BCUT2D eigenvalue weighted by Crippen LogP contribution is -2.33. The number of amides is 3. The number of rotatable bonds is 27. The summed E-state index contributed by atoms with van der Waals surface area (Å²) in [6, 6.07) is 46.7. The molecule has 0 unspecified atom stereocenters. The van der Waals surface area contributed by atoms with Gasteiger partial charge in [-0.3, -0.25) is 49.3 Å². The summed E-state index contributed by atoms with van der Waals surface area (Å²) in [6.07, 6.45) is 11.8. The molecule has 3 amide bonds. The topological polar surface area (TPSA) is 225 Å². The molecule has 18 heteroatoms. The van der Waals surface area contributed by atoms with Gasteiger partial charge < -0.3 is 35.9 Å². The fourth-order valence-electron chi connectivity index (χ4n) is 8.16. The summed E-state index contributed by atoms with van der Waals surface area (Å²) in [5.74, 6) is -0.440. The highest BCUT2D eigenvalue weighted by molar-refractivity contribution is 5.92. The highest BCUT2D eigenvalue weighted by Gasteiger charge is 2.16. The lowest BCUT2D eigenvalue weighted by atomic mass is 10.1. The van der Waals surface area contributed by atoms with Gasteiger partial charge in [-0.2, -0.15) is 0 Å². The maximum atomic E-state index is 12.4. The summed E-state index contributed by atoms with van der Waals surface area (Å²) in [5, 5.41) is 8.42. The number of nitrogens with one attached hydrogen (secondary N) is 3. The van der Waals surface area contributed by atoms with Crippen molar-refractivity contribution in [3.63, 3.8) is 0 Å². The first-order valence-corrected chi connectivity index (χ1v) is 26.9. The van der Waals surface area contributed by atoms with E-state index in [4.69, 9.17) is 19.9 Å². The van der Waals surface area contributed by atoms with Crippen molar-refractivity contribution in [2.45, 2.75) is 91.7 Å². The van der Waals surface area contributed by atoms with Crippen LogP contribution in [0.1, 0.15) is 77.2 Å². The number of aromatic nitrogens is 6. The Labute approximate surface area is 474 Å². The number of ether oxygens (including phenoxy) is 3. The van der Waals surface area contributed by atoms with Crippen molar-refractivity contribution in [1.29, 1.82) is 0 Å². The second kappa shape index (κ2) is 32.4. The van der Waals surface area contributed by atoms with Crippen LogP contribution in [0.5, 0.6) is 0 Å². The third kappa shape index (κ3) is 23.3. The number of nitrogens with two attached hydrogens (primary N) is 1. The van der Waals surface area contributed by atoms with Crippen molar-refractivity contribution in [2.24, 2.45) is 5.73 Å². The molecular formula is C63H72N12O6. The minimum Gasteiger partial charge on any atom is -0.444 e. The summed E-state index contributed by atoms with van der Waals surface area (Å²) in [5.41, 5.74) is 16.2. The first-order valence-electron chi connectivity index (χ1n) is 26.9. The molecule has 0 aliphatic rings. The van der Waals surface area contributed by atoms with E-state index >= 15 is 0 Å². The standard InChI is InChI=1S/C34H40N6O4.C29H32N6O2/c1-34(2,3)44-33(42)37-19-16-26-10-13-28(14-11-26)39-32(41)25-43-24-27-12-15-31(38-20-27)23-40(21-29-8-4-6-17-35-29)22-30-9-5-7-18-36-30;30-14-13-23-7-10-25(11-8-23)34-29(36)22-37-21-24-9-12-28(33-17-24)20-35(18-26-5-1-3-15-31-26)19-27-6-2-4-16-32-27/h4-15,17-18,20H,16,19,21-25H2,1-3H3,(H,37,42)(H,39,41);1-12,15-17H,13-14,18-22,30H2,(H,34,36). The number of nitrogens with zero attached hydrogens (tertiary/aromatic N) is 8. The highest BCUT2D eigenvalue weighted by atomic mass is 16.6. The Morgan fingerprint density at radius 3 is 1.14 bits per heavy atom. The molecule has 8 rings (SSSR count). The minimum absolute atomic E-state index is 0.0335. The van der Waals surface area contributed by atoms with E-state index in [1.807, 2.05) is 166 Å². The van der Waals surface area contributed by atoms with E-state index < -0.39 is 11.7 Å². The van der Waals surface area contributed by atoms with Crippen LogP contribution in [0.2, 0.25) is 0 Å². The van der Waals surface area contributed by atoms with Crippen molar-refractivity contribution in [1.82, 2.24) is 45.0 Å². The van der Waals surface area contributed by atoms with Crippen LogP contribution in [0.4, 0.5) is 16.2 Å². The Hall–Kier alpha value is -8.65. The zero-order chi connectivity index (χ0) is 56.9. The van der Waals surface area contributed by atoms with Gasteiger partial charge in [0.05, 0.1) is 47.4 Å². The van der Waals surface area contributed by atoms with Crippen LogP contribution in [0.3, 0.4) is 0 Å². The van der Waals surface area contributed by atoms with Crippen LogP contribution < -0.4 is 21.7 Å². The zero-order valence-corrected chi connectivity index (χ0v) is 46.3. The number of alkyl carbamates (subject to hydrolysis) is 1. The Balaban J connectivity index is 0.000000237. The maximum absolute atomic E-state index is 12.4. The Kier molecular flexibility index (Phi) is 24.0. The average molecular weight is 1090 g/mol. The molecule has 81 heavy (non-hydrogen) atoms. The van der Waals surface area contributed by atoms with Crippen molar-refractivity contribution >= 4 is 29.3 Å². The summed E-state index contributed by atoms with van der Waals surface area (Å²) >= 11 is 0. The second-order valence-electron chi connectivity index (χ2n) is 20.1. The first kappa shape index (κ1) is 60.0. The number of pyridine rings is 6. The Morgan fingerprint density at radius 1 is 0.457 bits per heavy atom. The van der Waals surface area contributed by atoms with Gasteiger partial charge in [-0.05, 0) is 147 Å². The van der Waals surface area contributed by atoms with Crippen LogP contribution in [0.15, 0.2) is 183 Å². The minimum atomic E-state index is -0.528. The predicted octanol–water partition coefficient (Wildman–Crippen LogP) is 9.03. The van der Waals surface area contributed by atoms with Gasteiger partial charge >= 0.3 is 6.09 Å². The molecule has 0 aliphatic carbocycles. The molecule has 0 fully saturated rings. The highest BCUT2D eigenvalue weighted by Crippen LogP contribution is 2.16. The third-order valence-corrected chi connectivity index (χ3v) is 12.0. The normalized spacial score (nSPS) is 11.1. The van der Waals surface area contributed by atoms with Crippen molar-refractivity contribution in [2.75, 3.05) is 36.9 Å². The molecule has 0 atom stereocenters. The van der Waals surface area contributed by atoms with Gasteiger partial charge in [0, 0.05) is 94.4 Å². The smallest absolute Gasteiger partial charge is 0.407 e. The molecule has 0 saturated carbocycles. The van der Waals surface area contributed by atoms with Gasteiger partial charge in [-0.1, -0.05) is 60.7 Å². The van der Waals surface area contributed by atoms with E-state index in [1.165, 1.54) is 0 Å². The number of anilines is 2. The lowest BCUT2D eigenvalue weighted by Gasteiger charge is -2.21. The summed E-state index contributed by atoms with van der Waals surface area (Å²) in [4.78, 5) is 68.0. The van der Waals surface area contributed by atoms with Crippen LogP contribution >= 0.6 is 0 Å². The maximum Gasteiger partial charge on any atom is 0.407 e. The molecule has 6 heterocycles. The summed E-state index contributed by atoms with van der Waals surface area (Å²) in [6.45, 7) is 11.0. The van der Waals surface area contributed by atoms with Crippen LogP contribution in [0, 0.1) is 0 Å². The first-order chi connectivity index (χ1) is 39.4. The molecule has 0 saturated heterocycles. The van der Waals surface area contributed by atoms with Gasteiger partial charge in [0.25, 0.3) is 0 Å². The molecule has 5 N–H and O–H groups in total. The van der Waals surface area contributed by atoms with Crippen molar-refractivity contribution < 1.29 is 28.6 Å². The largest absolute Gasteiger partial charge is 0.444 e. The monoisotopic (exact) mass is 1090 g/mol. The Bertz CT molecular complexity index is 3000. The van der Waals surface area contributed by atoms with Crippen molar-refractivity contribution in [3.8, 4) is 0 Å². The summed E-state index contributed by atoms with van der Waals surface area (Å²) < 4.78 is 16.5. The van der Waals surface area contributed by atoms with E-state index in [0.29, 0.717) is 71.1 Å². The van der Waals surface area contributed by atoms with Gasteiger partial charge in [0.15, 0.2) is 0 Å². The van der Waals surface area contributed by atoms with E-state index in [1.54, 1.807) is 37.2 Å². The molecule has 0 aliphatic heterocycles. The average Bonchev–Trinajstić information content (AvgIpc) is 3.46. The number of carbonyl (C=O) groups excluding carboxylic acids is 3. The number of hydrogen-bond acceptors (Lipinski definition) is 15. The SMILES string of the molecule is CC(C)(C)OC(=O)NCCc1ccc(NC(=O)COCc2ccc(CN(Cc3ccccn3)Cc3ccccn3)nc2)cc1.NCCc1ccc(NC(=O)COCc2ccc(CN(Cc3ccccn3)Cc3ccccn3)nc2)cc1. The number of benzene rings is 2. The molecule has 18 nitrogen and oxygen atoms in total. The molecule has 420 valence electrons. The van der Waals surface area contributed by atoms with E-state index in [-0.39, 0.29) is 31.6 Å². The summed E-state index contributed by atoms with van der Waals surface area (Å²) in [7, 11) is 0. The van der Waals surface area contributed by atoms with E-state index in [0.717, 1.165) is 68.5 Å². The van der Waals surface area contributed by atoms with E-state index in [2.05, 4.69) is 55.7 Å². The zero-order valence-electron chi connectivity index (χ0n) is 46.3. The Morgan fingerprint density at radius 2 is 0.815 bits per heavy atom. The number of carbonyl (C=O) groups is 3. The lowest BCUT2D eigenvalue weighted by molar-refractivity contribution is -0.121. The molecule has 0 radical (unpaired) electrons. The molecular weight excluding hydrogens is 1020 g/mol. The van der Waals surface area contributed by atoms with Crippen LogP contribution in [0.25, 0.3) is 0 Å². The molecule has 0 bridgehead atoms. The number of hydrogen-bond donors (Lipinski definition) is 4. The molecule has 2 aromatic carbocycles. The quantitative estimate of drug-likeness (QED) is 0.0377. The van der Waals surface area contributed by atoms with Gasteiger partial charge in [0.2, 0.25) is 11.8 Å². The van der Waals surface area contributed by atoms with Gasteiger partial charge in [0.1, 0.15) is 18.8 Å². The second-order valence-corrected chi connectivity index (χ2v) is 20.1. The van der Waals surface area contributed by atoms with Gasteiger partial charge in [-0.25, -0.2) is 4.79 Å². The fourth-order valence-corrected chi connectivity index (χ4v) is 8.16. The predicted molar refractivity (Wildman–Crippen MR) is 311 cm³/mol. The van der Waals surface area contributed by atoms with Crippen LogP contribution in [-0.4, -0.2) is 89.5 Å². The third-order valence-electron chi connectivity index (χ3n) is 12.0. The molecule has 8 aromatic rings. The van der Waals surface area contributed by atoms with Gasteiger partial charge in [-0.15, -0.1) is 0 Å². The van der Waals surface area contributed by atoms with Crippen LogP contribution in [-0.2, 0) is 89.1 Å².